The zero-order valence-electron chi connectivity index (χ0n) is 11.6. The zero-order chi connectivity index (χ0) is 13.9. The molecule has 1 heteroatoms. The van der Waals surface area contributed by atoms with Crippen LogP contribution in [0.25, 0.3) is 0 Å². The second-order valence-electron chi connectivity index (χ2n) is 5.38. The summed E-state index contributed by atoms with van der Waals surface area (Å²) in [6.07, 6.45) is 15.9. The average Bonchev–Trinajstić information content (AvgIpc) is 3.26. The van der Waals surface area contributed by atoms with E-state index < -0.39 is 0 Å². The largest absolute Gasteiger partial charge is 0.260 e. The third-order valence-electron chi connectivity index (χ3n) is 4.03. The van der Waals surface area contributed by atoms with Gasteiger partial charge in [0.15, 0.2) is 0 Å². The molecular weight excluding hydrogens is 242 g/mol. The molecule has 1 nitrogen and oxygen atoms in total. The monoisotopic (exact) mass is 261 g/mol. The highest BCUT2D eigenvalue weighted by Gasteiger charge is 2.36. The molecule has 2 aliphatic rings. The second kappa shape index (κ2) is 5.46. The van der Waals surface area contributed by atoms with Gasteiger partial charge in [-0.3, -0.25) is 4.98 Å². The quantitative estimate of drug-likeness (QED) is 0.706. The Morgan fingerprint density at radius 2 is 2.20 bits per heavy atom. The van der Waals surface area contributed by atoms with Gasteiger partial charge < -0.3 is 0 Å². The Morgan fingerprint density at radius 1 is 1.30 bits per heavy atom. The lowest BCUT2D eigenvalue weighted by molar-refractivity contribution is 0.870. The lowest BCUT2D eigenvalue weighted by atomic mass is 9.84. The van der Waals surface area contributed by atoms with Crippen molar-refractivity contribution >= 4 is 0 Å². The molecule has 0 N–H and O–H groups in total. The first-order valence-electron chi connectivity index (χ1n) is 7.09. The first-order valence-corrected chi connectivity index (χ1v) is 7.09. The number of nitrogens with zero attached hydrogens (tertiary/aromatic N) is 1. The molecule has 100 valence electrons. The minimum absolute atomic E-state index is 0.157. The van der Waals surface area contributed by atoms with E-state index in [9.17, 15) is 0 Å². The van der Waals surface area contributed by atoms with E-state index in [4.69, 9.17) is 0 Å². The molecule has 0 saturated heterocycles. The van der Waals surface area contributed by atoms with Crippen molar-refractivity contribution in [1.82, 2.24) is 4.98 Å². The van der Waals surface area contributed by atoms with Crippen molar-refractivity contribution in [3.05, 3.63) is 90.9 Å². The molecule has 20 heavy (non-hydrogen) atoms. The van der Waals surface area contributed by atoms with E-state index in [0.29, 0.717) is 0 Å². The lowest BCUT2D eigenvalue weighted by Gasteiger charge is -2.21. The maximum absolute atomic E-state index is 4.55. The SMILES string of the molecule is C=C/C=C(\C=C)C(C1=CC2CC2C=C1)c1ccccn1. The summed E-state index contributed by atoms with van der Waals surface area (Å²) in [6.45, 7) is 7.77. The van der Waals surface area contributed by atoms with Gasteiger partial charge >= 0.3 is 0 Å². The molecule has 3 unspecified atom stereocenters. The Bertz CT molecular complexity index is 604. The summed E-state index contributed by atoms with van der Waals surface area (Å²) in [4.78, 5) is 4.55. The van der Waals surface area contributed by atoms with Gasteiger partial charge in [-0.1, -0.05) is 55.7 Å². The number of rotatable bonds is 5. The third kappa shape index (κ3) is 2.44. The number of hydrogen-bond acceptors (Lipinski definition) is 1. The fraction of sp³-hybridized carbons (Fsp3) is 0.211. The molecule has 0 aromatic carbocycles. The number of fused-ring (bicyclic) bond motifs is 1. The van der Waals surface area contributed by atoms with Crippen molar-refractivity contribution in [2.75, 3.05) is 0 Å². The zero-order valence-corrected chi connectivity index (χ0v) is 11.6. The highest BCUT2D eigenvalue weighted by molar-refractivity contribution is 5.47. The summed E-state index contributed by atoms with van der Waals surface area (Å²) in [7, 11) is 0. The fourth-order valence-corrected chi connectivity index (χ4v) is 2.88. The van der Waals surface area contributed by atoms with Gasteiger partial charge in [-0.15, -0.1) is 0 Å². The molecule has 1 fully saturated rings. The molecule has 1 heterocycles. The molecule has 1 aromatic rings. The molecule has 0 amide bonds. The molecule has 0 aliphatic heterocycles. The smallest absolute Gasteiger partial charge is 0.0522 e. The van der Waals surface area contributed by atoms with Gasteiger partial charge in [-0.05, 0) is 41.5 Å². The van der Waals surface area contributed by atoms with Crippen molar-refractivity contribution < 1.29 is 0 Å². The predicted molar refractivity (Wildman–Crippen MR) is 84.3 cm³/mol. The van der Waals surface area contributed by atoms with Crippen molar-refractivity contribution in [3.63, 3.8) is 0 Å². The minimum atomic E-state index is 0.157. The van der Waals surface area contributed by atoms with E-state index in [0.717, 1.165) is 23.1 Å². The number of allylic oxidation sites excluding steroid dienone is 8. The minimum Gasteiger partial charge on any atom is -0.260 e. The van der Waals surface area contributed by atoms with Crippen molar-refractivity contribution in [2.45, 2.75) is 12.3 Å². The maximum Gasteiger partial charge on any atom is 0.0522 e. The van der Waals surface area contributed by atoms with Gasteiger partial charge in [0, 0.05) is 6.20 Å². The van der Waals surface area contributed by atoms with Gasteiger partial charge in [-0.2, -0.15) is 0 Å². The summed E-state index contributed by atoms with van der Waals surface area (Å²) in [5.41, 5.74) is 3.54. The van der Waals surface area contributed by atoms with Crippen LogP contribution in [0.4, 0.5) is 0 Å². The highest BCUT2D eigenvalue weighted by atomic mass is 14.7. The number of pyridine rings is 1. The van der Waals surface area contributed by atoms with Gasteiger partial charge in [0.25, 0.3) is 0 Å². The number of aromatic nitrogens is 1. The van der Waals surface area contributed by atoms with Crippen molar-refractivity contribution in [1.29, 1.82) is 0 Å². The molecule has 3 rings (SSSR count). The van der Waals surface area contributed by atoms with Crippen LogP contribution in [-0.4, -0.2) is 4.98 Å². The normalized spacial score (nSPS) is 25.4. The summed E-state index contributed by atoms with van der Waals surface area (Å²) in [6, 6.07) is 6.07. The first kappa shape index (κ1) is 12.9. The molecule has 2 aliphatic carbocycles. The summed E-state index contributed by atoms with van der Waals surface area (Å²) in [5, 5.41) is 0. The van der Waals surface area contributed by atoms with Crippen LogP contribution in [0.3, 0.4) is 0 Å². The Hall–Kier alpha value is -2.15. The van der Waals surface area contributed by atoms with Gasteiger partial charge in [0.1, 0.15) is 0 Å². The van der Waals surface area contributed by atoms with Gasteiger partial charge in [-0.25, -0.2) is 0 Å². The average molecular weight is 261 g/mol. The van der Waals surface area contributed by atoms with E-state index in [1.165, 1.54) is 12.0 Å². The van der Waals surface area contributed by atoms with E-state index >= 15 is 0 Å². The summed E-state index contributed by atoms with van der Waals surface area (Å²) in [5.74, 6) is 1.67. The van der Waals surface area contributed by atoms with Crippen LogP contribution in [0.15, 0.2) is 85.2 Å². The van der Waals surface area contributed by atoms with Crippen LogP contribution in [-0.2, 0) is 0 Å². The second-order valence-corrected chi connectivity index (χ2v) is 5.38. The Labute approximate surface area is 120 Å². The standard InChI is InChI=1S/C19H19N/c1-3-7-14(4-2)19(18-8-5-6-11-20-18)16-10-9-15-12-17(15)13-16/h3-11,13,15,17,19H,1-2,12H2/b14-7+. The summed E-state index contributed by atoms with van der Waals surface area (Å²) >= 11 is 0. The Kier molecular flexibility index (Phi) is 3.51. The molecule has 1 saturated carbocycles. The van der Waals surface area contributed by atoms with Crippen molar-refractivity contribution in [2.24, 2.45) is 11.8 Å². The van der Waals surface area contributed by atoms with E-state index in [1.807, 2.05) is 36.6 Å². The van der Waals surface area contributed by atoms with Crippen molar-refractivity contribution in [3.8, 4) is 0 Å². The van der Waals surface area contributed by atoms with Crippen LogP contribution in [0, 0.1) is 11.8 Å². The highest BCUT2D eigenvalue weighted by Crippen LogP contribution is 2.47. The molecule has 3 atom stereocenters. The molecule has 1 aromatic heterocycles. The first-order chi connectivity index (χ1) is 9.83. The Balaban J connectivity index is 2.03. The third-order valence-corrected chi connectivity index (χ3v) is 4.03. The molecule has 0 radical (unpaired) electrons. The molecular formula is C19H19N. The van der Waals surface area contributed by atoms with Crippen LogP contribution in [0.1, 0.15) is 18.0 Å². The molecule has 0 bridgehead atoms. The van der Waals surface area contributed by atoms with Crippen LogP contribution < -0.4 is 0 Å². The van der Waals surface area contributed by atoms with Gasteiger partial charge in [0.05, 0.1) is 11.6 Å². The van der Waals surface area contributed by atoms with Gasteiger partial charge in [0.2, 0.25) is 0 Å². The maximum atomic E-state index is 4.55. The Morgan fingerprint density at radius 3 is 2.85 bits per heavy atom. The van der Waals surface area contributed by atoms with Crippen LogP contribution >= 0.6 is 0 Å². The topological polar surface area (TPSA) is 12.9 Å². The van der Waals surface area contributed by atoms with Crippen LogP contribution in [0.2, 0.25) is 0 Å². The van der Waals surface area contributed by atoms with E-state index in [-0.39, 0.29) is 5.92 Å². The lowest BCUT2D eigenvalue weighted by Crippen LogP contribution is -2.07. The van der Waals surface area contributed by atoms with E-state index in [1.54, 1.807) is 0 Å². The van der Waals surface area contributed by atoms with E-state index in [2.05, 4.69) is 42.4 Å². The predicted octanol–water partition coefficient (Wildman–Crippen LogP) is 4.60. The fourth-order valence-electron chi connectivity index (χ4n) is 2.88. The summed E-state index contributed by atoms with van der Waals surface area (Å²) < 4.78 is 0. The number of hydrogen-bond donors (Lipinski definition) is 0. The van der Waals surface area contributed by atoms with Crippen LogP contribution in [0.5, 0.6) is 0 Å². The molecule has 0 spiro atoms.